The Kier molecular flexibility index (Phi) is 13.7. The monoisotopic (exact) mass is 289 g/mol. The number of rotatable bonds is 14. The van der Waals surface area contributed by atoms with Crippen molar-refractivity contribution in [3.8, 4) is 0 Å². The predicted octanol–water partition coefficient (Wildman–Crippen LogP) is 3.82. The standard InChI is InChI=1S/C16H35NO3/c1-4-5-6-7-8-9-10-11-12-13-14-20-17(15(2)18)16(3)19/h15-16,18-19H,4-14H2,1-3H3. The van der Waals surface area contributed by atoms with Gasteiger partial charge in [0.1, 0.15) is 12.5 Å². The lowest BCUT2D eigenvalue weighted by atomic mass is 10.1. The van der Waals surface area contributed by atoms with E-state index in [1.807, 2.05) is 0 Å². The zero-order chi connectivity index (χ0) is 15.2. The molecule has 122 valence electrons. The van der Waals surface area contributed by atoms with Gasteiger partial charge in [0.05, 0.1) is 6.61 Å². The van der Waals surface area contributed by atoms with Crippen LogP contribution in [0.1, 0.15) is 85.0 Å². The van der Waals surface area contributed by atoms with Crippen LogP contribution in [0.25, 0.3) is 0 Å². The number of nitrogens with zero attached hydrogens (tertiary/aromatic N) is 1. The quantitative estimate of drug-likeness (QED) is 0.290. The van der Waals surface area contributed by atoms with E-state index in [9.17, 15) is 10.2 Å². The highest BCUT2D eigenvalue weighted by Gasteiger charge is 2.16. The van der Waals surface area contributed by atoms with Crippen molar-refractivity contribution in [1.29, 1.82) is 0 Å². The van der Waals surface area contributed by atoms with Crippen LogP contribution in [0.4, 0.5) is 0 Å². The largest absolute Gasteiger partial charge is 0.376 e. The van der Waals surface area contributed by atoms with Gasteiger partial charge in [0.15, 0.2) is 0 Å². The first kappa shape index (κ1) is 19.8. The molecule has 0 aliphatic carbocycles. The van der Waals surface area contributed by atoms with Gasteiger partial charge in [-0.15, -0.1) is 5.06 Å². The first-order valence-electron chi connectivity index (χ1n) is 8.37. The van der Waals surface area contributed by atoms with Crippen LogP contribution in [0.5, 0.6) is 0 Å². The summed E-state index contributed by atoms with van der Waals surface area (Å²) in [6.07, 6.45) is 11.3. The Morgan fingerprint density at radius 2 is 1.15 bits per heavy atom. The molecule has 0 heterocycles. The van der Waals surface area contributed by atoms with Gasteiger partial charge in [-0.1, -0.05) is 64.7 Å². The second-order valence-corrected chi connectivity index (χ2v) is 5.64. The van der Waals surface area contributed by atoms with Gasteiger partial charge in [-0.05, 0) is 20.3 Å². The Morgan fingerprint density at radius 3 is 1.55 bits per heavy atom. The fourth-order valence-electron chi connectivity index (χ4n) is 2.29. The molecule has 0 bridgehead atoms. The van der Waals surface area contributed by atoms with Gasteiger partial charge in [-0.25, -0.2) is 0 Å². The van der Waals surface area contributed by atoms with Crippen molar-refractivity contribution in [3.63, 3.8) is 0 Å². The maximum absolute atomic E-state index is 9.38. The van der Waals surface area contributed by atoms with Crippen molar-refractivity contribution in [1.82, 2.24) is 5.06 Å². The fourth-order valence-corrected chi connectivity index (χ4v) is 2.29. The van der Waals surface area contributed by atoms with E-state index in [1.54, 1.807) is 13.8 Å². The molecule has 0 aromatic heterocycles. The van der Waals surface area contributed by atoms with Crippen LogP contribution in [0.3, 0.4) is 0 Å². The highest BCUT2D eigenvalue weighted by Crippen LogP contribution is 2.11. The maximum Gasteiger partial charge on any atom is 0.130 e. The van der Waals surface area contributed by atoms with Crippen LogP contribution in [0.15, 0.2) is 0 Å². The van der Waals surface area contributed by atoms with Crippen molar-refractivity contribution < 1.29 is 15.1 Å². The minimum Gasteiger partial charge on any atom is -0.376 e. The van der Waals surface area contributed by atoms with E-state index in [2.05, 4.69) is 6.92 Å². The molecule has 4 nitrogen and oxygen atoms in total. The second-order valence-electron chi connectivity index (χ2n) is 5.64. The number of hydrogen-bond donors (Lipinski definition) is 2. The highest BCUT2D eigenvalue weighted by atomic mass is 16.7. The third kappa shape index (κ3) is 11.6. The van der Waals surface area contributed by atoms with E-state index in [0.717, 1.165) is 12.8 Å². The van der Waals surface area contributed by atoms with Gasteiger partial charge in [-0.2, -0.15) is 0 Å². The summed E-state index contributed by atoms with van der Waals surface area (Å²) in [4.78, 5) is 5.37. The summed E-state index contributed by atoms with van der Waals surface area (Å²) in [6.45, 7) is 5.99. The van der Waals surface area contributed by atoms with Gasteiger partial charge < -0.3 is 10.2 Å². The summed E-state index contributed by atoms with van der Waals surface area (Å²) in [7, 11) is 0. The molecule has 2 atom stereocenters. The lowest BCUT2D eigenvalue weighted by Gasteiger charge is -2.26. The van der Waals surface area contributed by atoms with Crippen LogP contribution in [0.2, 0.25) is 0 Å². The third-order valence-corrected chi connectivity index (χ3v) is 3.47. The Bertz CT molecular complexity index is 190. The summed E-state index contributed by atoms with van der Waals surface area (Å²) in [5.41, 5.74) is 0. The second kappa shape index (κ2) is 13.8. The fraction of sp³-hybridized carbons (Fsp3) is 1.00. The zero-order valence-electron chi connectivity index (χ0n) is 13.7. The molecule has 4 heteroatoms. The Hall–Kier alpha value is -0.160. The lowest BCUT2D eigenvalue weighted by molar-refractivity contribution is -0.292. The summed E-state index contributed by atoms with van der Waals surface area (Å²) < 4.78 is 0. The molecule has 0 rings (SSSR count). The molecule has 0 amide bonds. The first-order valence-corrected chi connectivity index (χ1v) is 8.37. The van der Waals surface area contributed by atoms with Crippen molar-refractivity contribution in [2.24, 2.45) is 0 Å². The number of aliphatic hydroxyl groups excluding tert-OH is 2. The topological polar surface area (TPSA) is 52.9 Å². The molecule has 2 N–H and O–H groups in total. The van der Waals surface area contributed by atoms with Crippen LogP contribution in [-0.2, 0) is 4.84 Å². The zero-order valence-corrected chi connectivity index (χ0v) is 13.7. The van der Waals surface area contributed by atoms with Crippen LogP contribution in [-0.4, -0.2) is 34.3 Å². The number of hydrogen-bond acceptors (Lipinski definition) is 4. The smallest absolute Gasteiger partial charge is 0.130 e. The number of hydroxylamine groups is 2. The summed E-state index contributed by atoms with van der Waals surface area (Å²) in [6, 6.07) is 0. The van der Waals surface area contributed by atoms with Crippen molar-refractivity contribution in [3.05, 3.63) is 0 Å². The van der Waals surface area contributed by atoms with Crippen molar-refractivity contribution in [2.45, 2.75) is 97.4 Å². The van der Waals surface area contributed by atoms with Gasteiger partial charge >= 0.3 is 0 Å². The normalized spacial score (nSPS) is 14.7. The molecule has 0 aliphatic rings. The molecular formula is C16H35NO3. The minimum atomic E-state index is -0.780. The van der Waals surface area contributed by atoms with E-state index < -0.39 is 12.5 Å². The molecule has 0 saturated heterocycles. The van der Waals surface area contributed by atoms with E-state index in [-0.39, 0.29) is 0 Å². The van der Waals surface area contributed by atoms with E-state index in [0.29, 0.717) is 6.61 Å². The van der Waals surface area contributed by atoms with Gasteiger partial charge in [0.25, 0.3) is 0 Å². The molecule has 0 aliphatic heterocycles. The van der Waals surface area contributed by atoms with E-state index in [4.69, 9.17) is 4.84 Å². The highest BCUT2D eigenvalue weighted by molar-refractivity contribution is 4.49. The third-order valence-electron chi connectivity index (χ3n) is 3.47. The van der Waals surface area contributed by atoms with E-state index >= 15 is 0 Å². The van der Waals surface area contributed by atoms with Gasteiger partial charge in [0, 0.05) is 0 Å². The molecule has 0 aromatic carbocycles. The molecule has 0 radical (unpaired) electrons. The maximum atomic E-state index is 9.38. The van der Waals surface area contributed by atoms with Gasteiger partial charge in [0.2, 0.25) is 0 Å². The average Bonchev–Trinajstić information content (AvgIpc) is 2.39. The predicted molar refractivity (Wildman–Crippen MR) is 83.0 cm³/mol. The van der Waals surface area contributed by atoms with Gasteiger partial charge in [-0.3, -0.25) is 4.84 Å². The molecule has 0 spiro atoms. The molecule has 0 fully saturated rings. The molecule has 0 saturated carbocycles. The molecule has 2 unspecified atom stereocenters. The number of aliphatic hydroxyl groups is 2. The first-order chi connectivity index (χ1) is 9.59. The minimum absolute atomic E-state index is 0.562. The molecule has 0 aromatic rings. The van der Waals surface area contributed by atoms with Crippen molar-refractivity contribution in [2.75, 3.05) is 6.61 Å². The van der Waals surface area contributed by atoms with Crippen LogP contribution < -0.4 is 0 Å². The lowest BCUT2D eigenvalue weighted by Crippen LogP contribution is -2.40. The molecular weight excluding hydrogens is 254 g/mol. The molecule has 20 heavy (non-hydrogen) atoms. The van der Waals surface area contributed by atoms with Crippen LogP contribution in [0, 0.1) is 0 Å². The average molecular weight is 289 g/mol. The number of unbranched alkanes of at least 4 members (excludes halogenated alkanes) is 9. The Balaban J connectivity index is 3.27. The van der Waals surface area contributed by atoms with E-state index in [1.165, 1.54) is 56.4 Å². The Morgan fingerprint density at radius 1 is 0.750 bits per heavy atom. The SMILES string of the molecule is CCCCCCCCCCCCON(C(C)O)C(C)O. The Labute approximate surface area is 125 Å². The summed E-state index contributed by atoms with van der Waals surface area (Å²) in [5, 5.41) is 20.0. The van der Waals surface area contributed by atoms with Crippen LogP contribution >= 0.6 is 0 Å². The van der Waals surface area contributed by atoms with Crippen molar-refractivity contribution >= 4 is 0 Å². The summed E-state index contributed by atoms with van der Waals surface area (Å²) >= 11 is 0. The summed E-state index contributed by atoms with van der Waals surface area (Å²) in [5.74, 6) is 0.